The number of hydrogen-bond acceptors (Lipinski definition) is 4. The summed E-state index contributed by atoms with van der Waals surface area (Å²) < 4.78 is 10.5. The predicted octanol–water partition coefficient (Wildman–Crippen LogP) is 0.665. The van der Waals surface area contributed by atoms with Crippen molar-refractivity contribution < 1.29 is 9.47 Å². The monoisotopic (exact) mass is 228 g/mol. The SMILES string of the molecule is COC(CN1CC2CCCC(N)C2C1)OC. The predicted molar refractivity (Wildman–Crippen MR) is 63.1 cm³/mol. The highest BCUT2D eigenvalue weighted by Crippen LogP contribution is 2.35. The molecule has 0 bridgehead atoms. The Hall–Kier alpha value is -0.160. The van der Waals surface area contributed by atoms with Gasteiger partial charge in [0.1, 0.15) is 0 Å². The molecule has 0 aromatic rings. The third kappa shape index (κ3) is 2.56. The number of likely N-dealkylation sites (tertiary alicyclic amines) is 1. The van der Waals surface area contributed by atoms with E-state index in [0.717, 1.165) is 19.0 Å². The Morgan fingerprint density at radius 3 is 2.62 bits per heavy atom. The van der Waals surface area contributed by atoms with Gasteiger partial charge in [0.05, 0.1) is 0 Å². The van der Waals surface area contributed by atoms with Crippen LogP contribution < -0.4 is 5.73 Å². The number of fused-ring (bicyclic) bond motifs is 1. The molecule has 0 aromatic carbocycles. The molecule has 0 radical (unpaired) electrons. The first-order chi connectivity index (χ1) is 7.74. The van der Waals surface area contributed by atoms with Crippen LogP contribution in [0, 0.1) is 11.8 Å². The normalized spacial score (nSPS) is 35.6. The van der Waals surface area contributed by atoms with Gasteiger partial charge in [0.15, 0.2) is 6.29 Å². The fourth-order valence-corrected chi connectivity index (χ4v) is 3.21. The van der Waals surface area contributed by atoms with Crippen LogP contribution in [0.15, 0.2) is 0 Å². The summed E-state index contributed by atoms with van der Waals surface area (Å²) in [6.45, 7) is 3.16. The average Bonchev–Trinajstić information content (AvgIpc) is 2.70. The van der Waals surface area contributed by atoms with Gasteiger partial charge < -0.3 is 15.2 Å². The summed E-state index contributed by atoms with van der Waals surface area (Å²) in [7, 11) is 3.39. The largest absolute Gasteiger partial charge is 0.355 e. The van der Waals surface area contributed by atoms with E-state index in [-0.39, 0.29) is 6.29 Å². The Kier molecular flexibility index (Phi) is 4.19. The van der Waals surface area contributed by atoms with Gasteiger partial charge in [-0.15, -0.1) is 0 Å². The molecule has 2 aliphatic rings. The van der Waals surface area contributed by atoms with Crippen LogP contribution in [0.4, 0.5) is 0 Å². The van der Waals surface area contributed by atoms with Crippen molar-refractivity contribution in [3.05, 3.63) is 0 Å². The number of hydrogen-bond donors (Lipinski definition) is 1. The van der Waals surface area contributed by atoms with Gasteiger partial charge in [-0.05, 0) is 24.7 Å². The van der Waals surface area contributed by atoms with Crippen LogP contribution in [0.3, 0.4) is 0 Å². The molecular weight excluding hydrogens is 204 g/mol. The second kappa shape index (κ2) is 5.45. The van der Waals surface area contributed by atoms with Gasteiger partial charge in [-0.1, -0.05) is 6.42 Å². The van der Waals surface area contributed by atoms with Gasteiger partial charge in [0.2, 0.25) is 0 Å². The lowest BCUT2D eigenvalue weighted by Gasteiger charge is -2.29. The molecule has 2 N–H and O–H groups in total. The molecule has 3 unspecified atom stereocenters. The Morgan fingerprint density at radius 1 is 1.25 bits per heavy atom. The van der Waals surface area contributed by atoms with Gasteiger partial charge in [-0.2, -0.15) is 0 Å². The molecule has 0 amide bonds. The fourth-order valence-electron chi connectivity index (χ4n) is 3.21. The van der Waals surface area contributed by atoms with Crippen LogP contribution in [0.2, 0.25) is 0 Å². The van der Waals surface area contributed by atoms with Crippen LogP contribution >= 0.6 is 0 Å². The quantitative estimate of drug-likeness (QED) is 0.718. The summed E-state index contributed by atoms with van der Waals surface area (Å²) in [4.78, 5) is 2.44. The second-order valence-electron chi connectivity index (χ2n) is 5.14. The summed E-state index contributed by atoms with van der Waals surface area (Å²) in [5.74, 6) is 1.50. The summed E-state index contributed by atoms with van der Waals surface area (Å²) in [5, 5.41) is 0. The number of rotatable bonds is 4. The fraction of sp³-hybridized carbons (Fsp3) is 1.00. The highest BCUT2D eigenvalue weighted by molar-refractivity contribution is 4.93. The Morgan fingerprint density at radius 2 is 2.00 bits per heavy atom. The highest BCUT2D eigenvalue weighted by atomic mass is 16.7. The van der Waals surface area contributed by atoms with Crippen molar-refractivity contribution in [2.45, 2.75) is 31.6 Å². The van der Waals surface area contributed by atoms with E-state index < -0.39 is 0 Å². The molecule has 1 aliphatic carbocycles. The Balaban J connectivity index is 1.86. The van der Waals surface area contributed by atoms with Gasteiger partial charge in [0, 0.05) is 39.9 Å². The van der Waals surface area contributed by atoms with Crippen molar-refractivity contribution in [3.8, 4) is 0 Å². The van der Waals surface area contributed by atoms with E-state index in [2.05, 4.69) is 4.90 Å². The summed E-state index contributed by atoms with van der Waals surface area (Å²) >= 11 is 0. The Labute approximate surface area is 98.1 Å². The van der Waals surface area contributed by atoms with E-state index in [4.69, 9.17) is 15.2 Å². The third-order valence-electron chi connectivity index (χ3n) is 4.16. The highest BCUT2D eigenvalue weighted by Gasteiger charge is 2.39. The number of methoxy groups -OCH3 is 2. The maximum absolute atomic E-state index is 6.19. The maximum Gasteiger partial charge on any atom is 0.169 e. The van der Waals surface area contributed by atoms with Crippen LogP contribution in [0.25, 0.3) is 0 Å². The minimum atomic E-state index is -0.101. The van der Waals surface area contributed by atoms with Crippen LogP contribution in [-0.2, 0) is 9.47 Å². The molecule has 3 atom stereocenters. The molecule has 4 nitrogen and oxygen atoms in total. The molecular formula is C12H24N2O2. The standard InChI is InChI=1S/C12H24N2O2/c1-15-12(16-2)8-14-6-9-4-3-5-11(13)10(9)7-14/h9-12H,3-8,13H2,1-2H3. The summed E-state index contributed by atoms with van der Waals surface area (Å²) in [6, 6.07) is 0.410. The van der Waals surface area contributed by atoms with Gasteiger partial charge in [0.25, 0.3) is 0 Å². The molecule has 0 spiro atoms. The van der Waals surface area contributed by atoms with Crippen molar-refractivity contribution in [3.63, 3.8) is 0 Å². The number of ether oxygens (including phenoxy) is 2. The zero-order chi connectivity index (χ0) is 11.5. The first-order valence-electron chi connectivity index (χ1n) is 6.28. The van der Waals surface area contributed by atoms with E-state index in [1.54, 1.807) is 14.2 Å². The smallest absolute Gasteiger partial charge is 0.169 e. The lowest BCUT2D eigenvalue weighted by Crippen LogP contribution is -2.38. The summed E-state index contributed by atoms with van der Waals surface area (Å²) in [5.41, 5.74) is 6.19. The van der Waals surface area contributed by atoms with Gasteiger partial charge in [-0.3, -0.25) is 4.90 Å². The van der Waals surface area contributed by atoms with E-state index in [1.165, 1.54) is 25.8 Å². The Bertz CT molecular complexity index is 221. The molecule has 2 rings (SSSR count). The minimum Gasteiger partial charge on any atom is -0.355 e. The molecule has 0 aromatic heterocycles. The molecule has 16 heavy (non-hydrogen) atoms. The lowest BCUT2D eigenvalue weighted by atomic mass is 9.78. The average molecular weight is 228 g/mol. The molecule has 4 heteroatoms. The van der Waals surface area contributed by atoms with E-state index >= 15 is 0 Å². The van der Waals surface area contributed by atoms with E-state index in [9.17, 15) is 0 Å². The molecule has 1 saturated heterocycles. The van der Waals surface area contributed by atoms with Gasteiger partial charge >= 0.3 is 0 Å². The second-order valence-corrected chi connectivity index (χ2v) is 5.14. The number of nitrogens with two attached hydrogens (primary N) is 1. The topological polar surface area (TPSA) is 47.7 Å². The molecule has 1 heterocycles. The van der Waals surface area contributed by atoms with Crippen LogP contribution in [0.1, 0.15) is 19.3 Å². The summed E-state index contributed by atoms with van der Waals surface area (Å²) in [6.07, 6.45) is 3.75. The molecule has 94 valence electrons. The minimum absolute atomic E-state index is 0.101. The first-order valence-corrected chi connectivity index (χ1v) is 6.28. The zero-order valence-corrected chi connectivity index (χ0v) is 10.4. The van der Waals surface area contributed by atoms with Crippen LogP contribution in [0.5, 0.6) is 0 Å². The van der Waals surface area contributed by atoms with Crippen molar-refractivity contribution in [1.82, 2.24) is 4.90 Å². The third-order valence-corrected chi connectivity index (χ3v) is 4.16. The lowest BCUT2D eigenvalue weighted by molar-refractivity contribution is -0.114. The van der Waals surface area contributed by atoms with Crippen LogP contribution in [-0.4, -0.2) is 51.1 Å². The molecule has 1 aliphatic heterocycles. The zero-order valence-electron chi connectivity index (χ0n) is 10.4. The van der Waals surface area contributed by atoms with E-state index in [0.29, 0.717) is 12.0 Å². The maximum atomic E-state index is 6.19. The van der Waals surface area contributed by atoms with Crippen molar-refractivity contribution in [2.24, 2.45) is 17.6 Å². The van der Waals surface area contributed by atoms with E-state index in [1.807, 2.05) is 0 Å². The van der Waals surface area contributed by atoms with Crippen molar-refractivity contribution in [2.75, 3.05) is 33.9 Å². The van der Waals surface area contributed by atoms with Crippen molar-refractivity contribution >= 4 is 0 Å². The number of nitrogens with zero attached hydrogens (tertiary/aromatic N) is 1. The molecule has 1 saturated carbocycles. The molecule has 2 fully saturated rings. The first kappa shape index (κ1) is 12.3. The van der Waals surface area contributed by atoms with Crippen molar-refractivity contribution in [1.29, 1.82) is 0 Å². The van der Waals surface area contributed by atoms with Gasteiger partial charge in [-0.25, -0.2) is 0 Å².